The van der Waals surface area contributed by atoms with E-state index in [2.05, 4.69) is 22.0 Å². The maximum Gasteiger partial charge on any atom is 0.243 e. The smallest absolute Gasteiger partial charge is 0.243 e. The maximum absolute atomic E-state index is 12.2. The fourth-order valence-electron chi connectivity index (χ4n) is 2.34. The van der Waals surface area contributed by atoms with Gasteiger partial charge < -0.3 is 15.1 Å². The van der Waals surface area contributed by atoms with Gasteiger partial charge in [0.2, 0.25) is 15.9 Å². The molecule has 1 aliphatic rings. The SMILES string of the molecule is CCNS(=O)(=O)C1CCN(C(=NCC(=O)N(C)C)NC(C)CC)C1.I. The van der Waals surface area contributed by atoms with E-state index in [1.807, 2.05) is 11.8 Å². The number of carbonyl (C=O) groups excluding carboxylic acids is 1. The fourth-order valence-corrected chi connectivity index (χ4v) is 3.77. The minimum Gasteiger partial charge on any atom is -0.354 e. The van der Waals surface area contributed by atoms with Gasteiger partial charge in [-0.25, -0.2) is 18.1 Å². The summed E-state index contributed by atoms with van der Waals surface area (Å²) < 4.78 is 26.9. The number of amides is 1. The molecule has 0 bridgehead atoms. The topological polar surface area (TPSA) is 94.1 Å². The second kappa shape index (κ2) is 11.2. The second-order valence-electron chi connectivity index (χ2n) is 6.28. The van der Waals surface area contributed by atoms with Gasteiger partial charge in [0.05, 0.1) is 5.25 Å². The zero-order valence-electron chi connectivity index (χ0n) is 15.8. The summed E-state index contributed by atoms with van der Waals surface area (Å²) in [7, 11) is 0.0731. The van der Waals surface area contributed by atoms with Gasteiger partial charge in [0.1, 0.15) is 6.54 Å². The molecule has 0 aliphatic carbocycles. The van der Waals surface area contributed by atoms with E-state index in [-0.39, 0.29) is 42.5 Å². The Morgan fingerprint density at radius 3 is 2.52 bits per heavy atom. The van der Waals surface area contributed by atoms with Crippen LogP contribution in [0, 0.1) is 0 Å². The van der Waals surface area contributed by atoms with Crippen molar-refractivity contribution in [2.24, 2.45) is 4.99 Å². The van der Waals surface area contributed by atoms with Crippen molar-refractivity contribution in [3.8, 4) is 0 Å². The van der Waals surface area contributed by atoms with Gasteiger partial charge in [-0.05, 0) is 19.8 Å². The molecule has 0 saturated carbocycles. The lowest BCUT2D eigenvalue weighted by atomic mass is 10.3. The van der Waals surface area contributed by atoms with E-state index in [0.29, 0.717) is 32.0 Å². The molecule has 10 heteroatoms. The lowest BCUT2D eigenvalue weighted by Crippen LogP contribution is -2.46. The molecular weight excluding hydrogens is 457 g/mol. The zero-order valence-corrected chi connectivity index (χ0v) is 18.9. The minimum absolute atomic E-state index is 0. The highest BCUT2D eigenvalue weighted by molar-refractivity contribution is 14.0. The third-order valence-electron chi connectivity index (χ3n) is 4.08. The molecule has 1 amide bonds. The third kappa shape index (κ3) is 7.65. The van der Waals surface area contributed by atoms with Crippen molar-refractivity contribution >= 4 is 45.9 Å². The number of nitrogens with zero attached hydrogens (tertiary/aromatic N) is 3. The summed E-state index contributed by atoms with van der Waals surface area (Å²) in [5, 5.41) is 2.84. The van der Waals surface area contributed by atoms with Crippen LogP contribution >= 0.6 is 24.0 Å². The average molecular weight is 489 g/mol. The molecule has 0 aromatic rings. The molecule has 8 nitrogen and oxygen atoms in total. The molecule has 1 rings (SSSR count). The zero-order chi connectivity index (χ0) is 18.3. The summed E-state index contributed by atoms with van der Waals surface area (Å²) in [6, 6.07) is 0.197. The van der Waals surface area contributed by atoms with Gasteiger partial charge in [-0.1, -0.05) is 13.8 Å². The fraction of sp³-hybridized carbons (Fsp3) is 0.867. The van der Waals surface area contributed by atoms with Gasteiger partial charge >= 0.3 is 0 Å². The number of likely N-dealkylation sites (N-methyl/N-ethyl adjacent to an activating group) is 1. The maximum atomic E-state index is 12.2. The molecule has 0 aromatic carbocycles. The van der Waals surface area contributed by atoms with Gasteiger partial charge in [-0.2, -0.15) is 0 Å². The lowest BCUT2D eigenvalue weighted by Gasteiger charge is -2.25. The number of guanidine groups is 1. The molecule has 1 aliphatic heterocycles. The van der Waals surface area contributed by atoms with Crippen LogP contribution in [-0.2, 0) is 14.8 Å². The van der Waals surface area contributed by atoms with Crippen LogP contribution in [0.1, 0.15) is 33.6 Å². The molecule has 1 heterocycles. The van der Waals surface area contributed by atoms with Crippen LogP contribution in [0.15, 0.2) is 4.99 Å². The predicted octanol–water partition coefficient (Wildman–Crippen LogP) is 0.450. The molecule has 1 saturated heterocycles. The molecule has 2 N–H and O–H groups in total. The third-order valence-corrected chi connectivity index (χ3v) is 6.03. The van der Waals surface area contributed by atoms with Crippen molar-refractivity contribution < 1.29 is 13.2 Å². The van der Waals surface area contributed by atoms with Gasteiger partial charge in [0, 0.05) is 39.8 Å². The Labute approximate surface area is 168 Å². The van der Waals surface area contributed by atoms with Crippen molar-refractivity contribution in [2.45, 2.75) is 44.9 Å². The normalized spacial score (nSPS) is 19.3. The summed E-state index contributed by atoms with van der Waals surface area (Å²) in [6.07, 6.45) is 1.46. The van der Waals surface area contributed by atoms with Crippen molar-refractivity contribution in [1.29, 1.82) is 0 Å². The molecule has 0 aromatic heterocycles. The first-order valence-corrected chi connectivity index (χ1v) is 10.00. The largest absolute Gasteiger partial charge is 0.354 e. The highest BCUT2D eigenvalue weighted by Crippen LogP contribution is 2.16. The van der Waals surface area contributed by atoms with Gasteiger partial charge in [0.15, 0.2) is 5.96 Å². The standard InChI is InChI=1S/C15H31N5O3S.HI/c1-6-12(3)18-15(16-10-14(21)19(4)5)20-9-8-13(11-20)24(22,23)17-7-2;/h12-13,17H,6-11H2,1-5H3,(H,16,18);1H. The molecule has 2 unspecified atom stereocenters. The van der Waals surface area contributed by atoms with Gasteiger partial charge in [0.25, 0.3) is 0 Å². The quantitative estimate of drug-likeness (QED) is 0.308. The molecule has 1 fully saturated rings. The number of halogens is 1. The Bertz CT molecular complexity index is 553. The van der Waals surface area contributed by atoms with Crippen LogP contribution in [0.25, 0.3) is 0 Å². The Balaban J connectivity index is 0.00000576. The first-order valence-electron chi connectivity index (χ1n) is 8.45. The number of hydrogen-bond acceptors (Lipinski definition) is 4. The molecule has 0 spiro atoms. The average Bonchev–Trinajstić information content (AvgIpc) is 3.01. The summed E-state index contributed by atoms with van der Waals surface area (Å²) in [4.78, 5) is 19.6. The van der Waals surface area contributed by atoms with Crippen molar-refractivity contribution in [2.75, 3.05) is 40.3 Å². The Morgan fingerprint density at radius 2 is 2.00 bits per heavy atom. The van der Waals surface area contributed by atoms with Crippen LogP contribution in [0.3, 0.4) is 0 Å². The number of rotatable bonds is 7. The summed E-state index contributed by atoms with van der Waals surface area (Å²) >= 11 is 0. The molecule has 148 valence electrons. The molecular formula is C15H32IN5O3S. The van der Waals surface area contributed by atoms with Crippen LogP contribution in [0.4, 0.5) is 0 Å². The van der Waals surface area contributed by atoms with E-state index in [0.717, 1.165) is 6.42 Å². The lowest BCUT2D eigenvalue weighted by molar-refractivity contribution is -0.127. The van der Waals surface area contributed by atoms with Crippen molar-refractivity contribution in [1.82, 2.24) is 19.8 Å². The van der Waals surface area contributed by atoms with Crippen LogP contribution < -0.4 is 10.0 Å². The minimum atomic E-state index is -3.30. The molecule has 25 heavy (non-hydrogen) atoms. The second-order valence-corrected chi connectivity index (χ2v) is 8.33. The summed E-state index contributed by atoms with van der Waals surface area (Å²) in [5.74, 6) is 0.517. The van der Waals surface area contributed by atoms with Crippen LogP contribution in [0.2, 0.25) is 0 Å². The number of likely N-dealkylation sites (tertiary alicyclic amines) is 1. The van der Waals surface area contributed by atoms with Crippen molar-refractivity contribution in [3.05, 3.63) is 0 Å². The van der Waals surface area contributed by atoms with Crippen LogP contribution in [-0.4, -0.2) is 81.7 Å². The van der Waals surface area contributed by atoms with Crippen LogP contribution in [0.5, 0.6) is 0 Å². The Morgan fingerprint density at radius 1 is 1.36 bits per heavy atom. The van der Waals surface area contributed by atoms with Gasteiger partial charge in [-0.15, -0.1) is 24.0 Å². The molecule has 0 radical (unpaired) electrons. The number of nitrogens with one attached hydrogen (secondary N) is 2. The van der Waals surface area contributed by atoms with E-state index < -0.39 is 15.3 Å². The highest BCUT2D eigenvalue weighted by Gasteiger charge is 2.34. The number of aliphatic imine (C=N–C) groups is 1. The van der Waals surface area contributed by atoms with Gasteiger partial charge in [-0.3, -0.25) is 4.79 Å². The number of hydrogen-bond donors (Lipinski definition) is 2. The number of carbonyl (C=O) groups is 1. The monoisotopic (exact) mass is 489 g/mol. The molecule has 2 atom stereocenters. The van der Waals surface area contributed by atoms with E-state index in [4.69, 9.17) is 0 Å². The van der Waals surface area contributed by atoms with Crippen molar-refractivity contribution in [3.63, 3.8) is 0 Å². The Kier molecular flexibility index (Phi) is 10.9. The Hall–Kier alpha value is -0.620. The van der Waals surface area contributed by atoms with E-state index in [1.165, 1.54) is 4.90 Å². The number of sulfonamides is 1. The first-order chi connectivity index (χ1) is 11.2. The van der Waals surface area contributed by atoms with E-state index >= 15 is 0 Å². The van der Waals surface area contributed by atoms with E-state index in [1.54, 1.807) is 21.0 Å². The summed E-state index contributed by atoms with van der Waals surface area (Å²) in [5.41, 5.74) is 0. The highest BCUT2D eigenvalue weighted by atomic mass is 127. The summed E-state index contributed by atoms with van der Waals surface area (Å²) in [6.45, 7) is 7.29. The predicted molar refractivity (Wildman–Crippen MR) is 112 cm³/mol. The first kappa shape index (κ1) is 24.4. The van der Waals surface area contributed by atoms with E-state index in [9.17, 15) is 13.2 Å².